The molecule has 0 unspecified atom stereocenters. The molecule has 1 aliphatic heterocycles. The van der Waals surface area contributed by atoms with Crippen molar-refractivity contribution in [2.45, 2.75) is 26.5 Å². The molecule has 0 bridgehead atoms. The Morgan fingerprint density at radius 1 is 1.07 bits per heavy atom. The van der Waals surface area contributed by atoms with Gasteiger partial charge in [0, 0.05) is 15.6 Å². The highest BCUT2D eigenvalue weighted by Crippen LogP contribution is 2.36. The number of esters is 1. The van der Waals surface area contributed by atoms with Crippen molar-refractivity contribution < 1.29 is 14.3 Å². The van der Waals surface area contributed by atoms with E-state index in [2.05, 4.69) is 20.9 Å². The third kappa shape index (κ3) is 6.20. The Morgan fingerprint density at radius 2 is 1.83 bits per heavy atom. The molecule has 12 heteroatoms. The number of fused-ring (bicyclic) bond motifs is 1. The third-order valence-corrected chi connectivity index (χ3v) is 9.28. The lowest BCUT2D eigenvalue weighted by Crippen LogP contribution is -2.40. The second-order valence-electron chi connectivity index (χ2n) is 9.17. The number of benzene rings is 3. The fraction of sp³-hybridized carbons (Fsp3) is 0.167. The van der Waals surface area contributed by atoms with Crippen molar-refractivity contribution in [1.82, 2.24) is 4.57 Å². The predicted octanol–water partition coefficient (Wildman–Crippen LogP) is 7.75. The van der Waals surface area contributed by atoms with Gasteiger partial charge in [-0.1, -0.05) is 82.0 Å². The van der Waals surface area contributed by atoms with Gasteiger partial charge in [-0.05, 0) is 77.3 Å². The molecule has 1 aromatic heterocycles. The molecular weight excluding hydrogens is 706 g/mol. The second-order valence-corrected chi connectivity index (χ2v) is 12.7. The van der Waals surface area contributed by atoms with Gasteiger partial charge in [-0.15, -0.1) is 0 Å². The molecule has 0 fully saturated rings. The molecule has 4 aromatic rings. The van der Waals surface area contributed by atoms with Gasteiger partial charge in [0.05, 0.1) is 36.9 Å². The molecule has 2 heterocycles. The largest absolute Gasteiger partial charge is 0.487 e. The summed E-state index contributed by atoms with van der Waals surface area (Å²) in [7, 11) is 0. The Bertz CT molecular complexity index is 1940. The number of hydrogen-bond donors (Lipinski definition) is 0. The van der Waals surface area contributed by atoms with Crippen LogP contribution in [0.4, 0.5) is 0 Å². The van der Waals surface area contributed by atoms with Gasteiger partial charge in [0.25, 0.3) is 5.56 Å². The standard InChI is InChI=1S/C30H21BrCl4N2O4S/c1-3-40-29(39)25-15(2)36-30-37(26(25)19-6-4-5-7-21(19)33)28(38)24(42-30)12-17-11-18(32)13-20(31)27(17)41-14-16-8-9-22(34)23(35)10-16/h4-13,26H,3,14H2,1-2H3/b24-12-/t26-/m0/s1. The maximum atomic E-state index is 14.0. The zero-order valence-corrected chi connectivity index (χ0v) is 27.5. The van der Waals surface area contributed by atoms with Crippen LogP contribution in [0.1, 0.15) is 36.6 Å². The van der Waals surface area contributed by atoms with Crippen molar-refractivity contribution in [2.75, 3.05) is 6.61 Å². The van der Waals surface area contributed by atoms with Crippen LogP contribution in [0.25, 0.3) is 6.08 Å². The molecule has 0 aliphatic carbocycles. The summed E-state index contributed by atoms with van der Waals surface area (Å²) in [6.45, 7) is 3.80. The number of carbonyl (C=O) groups is 1. The Hall–Kier alpha value is -2.59. The van der Waals surface area contributed by atoms with E-state index in [1.807, 2.05) is 6.07 Å². The fourth-order valence-corrected chi connectivity index (χ4v) is 7.09. The molecule has 0 spiro atoms. The number of aromatic nitrogens is 1. The van der Waals surface area contributed by atoms with Crippen molar-refractivity contribution in [3.8, 4) is 5.75 Å². The minimum atomic E-state index is -0.826. The minimum Gasteiger partial charge on any atom is -0.487 e. The fourth-order valence-electron chi connectivity index (χ4n) is 4.55. The molecule has 0 amide bonds. The minimum absolute atomic E-state index is 0.171. The number of carbonyl (C=O) groups excluding carboxylic acids is 1. The van der Waals surface area contributed by atoms with Gasteiger partial charge in [0.1, 0.15) is 18.4 Å². The molecule has 42 heavy (non-hydrogen) atoms. The Morgan fingerprint density at radius 3 is 2.55 bits per heavy atom. The lowest BCUT2D eigenvalue weighted by atomic mass is 9.96. The van der Waals surface area contributed by atoms with E-state index in [4.69, 9.17) is 55.9 Å². The van der Waals surface area contributed by atoms with E-state index in [1.54, 1.807) is 68.5 Å². The van der Waals surface area contributed by atoms with Crippen LogP contribution in [-0.2, 0) is 16.1 Å². The Balaban J connectivity index is 1.65. The number of ether oxygens (including phenoxy) is 2. The highest BCUT2D eigenvalue weighted by molar-refractivity contribution is 9.10. The summed E-state index contributed by atoms with van der Waals surface area (Å²) in [5.74, 6) is -0.0861. The molecular formula is C30H21BrCl4N2O4S. The number of allylic oxidation sites excluding steroid dienone is 1. The Kier molecular flexibility index (Phi) is 9.52. The van der Waals surface area contributed by atoms with Crippen LogP contribution in [0, 0.1) is 0 Å². The molecule has 0 saturated heterocycles. The summed E-state index contributed by atoms with van der Waals surface area (Å²) >= 11 is 29.9. The highest BCUT2D eigenvalue weighted by atomic mass is 79.9. The number of thiazole rings is 1. The van der Waals surface area contributed by atoms with E-state index in [0.29, 0.717) is 56.5 Å². The number of nitrogens with zero attached hydrogens (tertiary/aromatic N) is 2. The molecule has 1 atom stereocenters. The molecule has 0 saturated carbocycles. The number of rotatable bonds is 7. The predicted molar refractivity (Wildman–Crippen MR) is 172 cm³/mol. The zero-order chi connectivity index (χ0) is 30.1. The molecule has 0 radical (unpaired) electrons. The van der Waals surface area contributed by atoms with Gasteiger partial charge in [0.2, 0.25) is 0 Å². The normalized spacial score (nSPS) is 14.9. The summed E-state index contributed by atoms with van der Waals surface area (Å²) in [5.41, 5.74) is 2.29. The molecule has 6 nitrogen and oxygen atoms in total. The van der Waals surface area contributed by atoms with E-state index in [0.717, 1.165) is 5.56 Å². The average Bonchev–Trinajstić information content (AvgIpc) is 3.23. The molecule has 5 rings (SSSR count). The van der Waals surface area contributed by atoms with Crippen LogP contribution in [0.2, 0.25) is 20.1 Å². The zero-order valence-electron chi connectivity index (χ0n) is 22.1. The van der Waals surface area contributed by atoms with Gasteiger partial charge < -0.3 is 9.47 Å². The maximum absolute atomic E-state index is 14.0. The van der Waals surface area contributed by atoms with E-state index in [-0.39, 0.29) is 24.3 Å². The van der Waals surface area contributed by atoms with Crippen LogP contribution < -0.4 is 19.6 Å². The second kappa shape index (κ2) is 13.0. The maximum Gasteiger partial charge on any atom is 0.338 e. The smallest absolute Gasteiger partial charge is 0.338 e. The first-order valence-electron chi connectivity index (χ1n) is 12.6. The molecule has 1 aliphatic rings. The van der Waals surface area contributed by atoms with Crippen LogP contribution in [0.15, 0.2) is 80.1 Å². The van der Waals surface area contributed by atoms with E-state index >= 15 is 0 Å². The molecule has 216 valence electrons. The van der Waals surface area contributed by atoms with Crippen LogP contribution in [-0.4, -0.2) is 17.1 Å². The van der Waals surface area contributed by atoms with Gasteiger partial charge >= 0.3 is 5.97 Å². The molecule has 3 aromatic carbocycles. The van der Waals surface area contributed by atoms with Crippen LogP contribution in [0.3, 0.4) is 0 Å². The number of halogens is 5. The van der Waals surface area contributed by atoms with Crippen molar-refractivity contribution in [2.24, 2.45) is 4.99 Å². The van der Waals surface area contributed by atoms with Crippen molar-refractivity contribution in [3.05, 3.63) is 127 Å². The molecule has 0 N–H and O–H groups in total. The highest BCUT2D eigenvalue weighted by Gasteiger charge is 2.34. The SMILES string of the molecule is CCOC(=O)C1=C(C)N=c2s/c(=C\c3cc(Cl)cc(Br)c3OCc3ccc(Cl)c(Cl)c3)c(=O)n2[C@H]1c1ccccc1Cl. The van der Waals surface area contributed by atoms with Gasteiger partial charge in [-0.2, -0.15) is 0 Å². The topological polar surface area (TPSA) is 69.9 Å². The summed E-state index contributed by atoms with van der Waals surface area (Å²) < 4.78 is 14.0. The van der Waals surface area contributed by atoms with Crippen LogP contribution in [0.5, 0.6) is 5.75 Å². The van der Waals surface area contributed by atoms with Crippen molar-refractivity contribution in [3.63, 3.8) is 0 Å². The quantitative estimate of drug-likeness (QED) is 0.183. The van der Waals surface area contributed by atoms with Gasteiger partial charge in [0.15, 0.2) is 4.80 Å². The average molecular weight is 727 g/mol. The monoisotopic (exact) mass is 724 g/mol. The lowest BCUT2D eigenvalue weighted by molar-refractivity contribution is -0.139. The first-order valence-corrected chi connectivity index (χ1v) is 15.7. The third-order valence-electron chi connectivity index (χ3n) is 6.41. The van der Waals surface area contributed by atoms with E-state index in [1.165, 1.54) is 15.9 Å². The van der Waals surface area contributed by atoms with E-state index < -0.39 is 12.0 Å². The summed E-state index contributed by atoms with van der Waals surface area (Å²) in [4.78, 5) is 32.2. The van der Waals surface area contributed by atoms with Crippen LogP contribution >= 0.6 is 73.7 Å². The summed E-state index contributed by atoms with van der Waals surface area (Å²) in [6, 6.07) is 14.9. The lowest BCUT2D eigenvalue weighted by Gasteiger charge is -2.25. The van der Waals surface area contributed by atoms with Gasteiger partial charge in [-0.3, -0.25) is 9.36 Å². The first kappa shape index (κ1) is 30.9. The van der Waals surface area contributed by atoms with Crippen molar-refractivity contribution >= 4 is 85.7 Å². The summed E-state index contributed by atoms with van der Waals surface area (Å²) in [5, 5.41) is 1.71. The van der Waals surface area contributed by atoms with Gasteiger partial charge in [-0.25, -0.2) is 9.79 Å². The van der Waals surface area contributed by atoms with E-state index in [9.17, 15) is 9.59 Å². The summed E-state index contributed by atoms with van der Waals surface area (Å²) in [6.07, 6.45) is 1.69. The Labute approximate surface area is 273 Å². The first-order chi connectivity index (χ1) is 20.1. The van der Waals surface area contributed by atoms with Crippen molar-refractivity contribution in [1.29, 1.82) is 0 Å². The number of hydrogen-bond acceptors (Lipinski definition) is 6.